The van der Waals surface area contributed by atoms with Gasteiger partial charge in [-0.2, -0.15) is 13.2 Å². The van der Waals surface area contributed by atoms with Crippen LogP contribution in [0, 0.1) is 5.82 Å². The molecule has 1 aliphatic heterocycles. The Balaban J connectivity index is 1.63. The van der Waals surface area contributed by atoms with Gasteiger partial charge in [0, 0.05) is 24.0 Å². The molecule has 1 aromatic heterocycles. The number of aromatic nitrogens is 1. The minimum atomic E-state index is -5.29. The number of fused-ring (bicyclic) bond motifs is 1. The Bertz CT molecular complexity index is 1830. The molecule has 5 rings (SSSR count). The van der Waals surface area contributed by atoms with Crippen molar-refractivity contribution in [3.05, 3.63) is 125 Å². The molecule has 0 saturated carbocycles. The summed E-state index contributed by atoms with van der Waals surface area (Å²) < 4.78 is 86.0. The Morgan fingerprint density at radius 3 is 2.27 bits per heavy atom. The third-order valence-electron chi connectivity index (χ3n) is 8.03. The van der Waals surface area contributed by atoms with Crippen LogP contribution in [0.3, 0.4) is 0 Å². The highest BCUT2D eigenvalue weighted by molar-refractivity contribution is 7.84. The van der Waals surface area contributed by atoms with Crippen molar-refractivity contribution in [1.29, 1.82) is 0 Å². The third kappa shape index (κ3) is 8.09. The highest BCUT2D eigenvalue weighted by Gasteiger charge is 2.57. The number of ether oxygens (including phenoxy) is 2. The van der Waals surface area contributed by atoms with Crippen LogP contribution in [0.25, 0.3) is 17.3 Å². The Morgan fingerprint density at radius 2 is 1.65 bits per heavy atom. The monoisotopic (exact) mass is 696 g/mol. The first kappa shape index (κ1) is 35.9. The van der Waals surface area contributed by atoms with E-state index in [2.05, 4.69) is 9.71 Å². The highest BCUT2D eigenvalue weighted by atomic mass is 32.2. The van der Waals surface area contributed by atoms with Crippen LogP contribution >= 0.6 is 0 Å². The Kier molecular flexibility index (Phi) is 10.4. The number of alkyl halides is 3. The molecule has 49 heavy (non-hydrogen) atoms. The van der Waals surface area contributed by atoms with Crippen LogP contribution < -0.4 is 9.46 Å². The Morgan fingerprint density at radius 1 is 1.02 bits per heavy atom. The van der Waals surface area contributed by atoms with Crippen LogP contribution in [0.1, 0.15) is 56.0 Å². The standard InChI is InChI=1S/C37H36F4N2O5S/c1-34(2,3)49(46)43-35(20-18-25-10-6-4-7-11-25)24-48-33-29(35)22-30(42-32(33)27-14-16-28(38)17-15-27)36(45,37(39,40)41)21-19-31(44)47-23-26-12-8-5-9-13-26/h4-18,20,22,43,45H,19,21,23-24H2,1-3H3/b20-18+. The number of esters is 1. The number of hydrogen-bond acceptors (Lipinski definition) is 6. The van der Waals surface area contributed by atoms with E-state index in [-0.39, 0.29) is 35.8 Å². The predicted octanol–water partition coefficient (Wildman–Crippen LogP) is 7.51. The van der Waals surface area contributed by atoms with E-state index in [4.69, 9.17) is 9.47 Å². The van der Waals surface area contributed by atoms with Crippen LogP contribution in [0.5, 0.6) is 5.75 Å². The number of nitrogens with one attached hydrogen (secondary N) is 1. The van der Waals surface area contributed by atoms with Crippen molar-refractivity contribution in [3.63, 3.8) is 0 Å². The summed E-state index contributed by atoms with van der Waals surface area (Å²) in [5.41, 5.74) is -4.26. The second-order valence-electron chi connectivity index (χ2n) is 12.7. The van der Waals surface area contributed by atoms with Crippen molar-refractivity contribution in [2.75, 3.05) is 6.61 Å². The van der Waals surface area contributed by atoms with E-state index in [0.29, 0.717) is 5.56 Å². The van der Waals surface area contributed by atoms with Crippen molar-refractivity contribution >= 4 is 23.0 Å². The molecule has 258 valence electrons. The predicted molar refractivity (Wildman–Crippen MR) is 179 cm³/mol. The number of pyridine rings is 1. The summed E-state index contributed by atoms with van der Waals surface area (Å²) in [6, 6.07) is 23.7. The number of benzene rings is 3. The minimum Gasteiger partial charge on any atom is -0.488 e. The summed E-state index contributed by atoms with van der Waals surface area (Å²) in [6.45, 7) is 4.87. The van der Waals surface area contributed by atoms with Gasteiger partial charge in [-0.25, -0.2) is 18.3 Å². The highest BCUT2D eigenvalue weighted by Crippen LogP contribution is 2.49. The van der Waals surface area contributed by atoms with Gasteiger partial charge < -0.3 is 14.6 Å². The summed E-state index contributed by atoms with van der Waals surface area (Å²) in [7, 11) is -1.76. The van der Waals surface area contributed by atoms with E-state index in [0.717, 1.165) is 23.8 Å². The van der Waals surface area contributed by atoms with E-state index >= 15 is 0 Å². The second-order valence-corrected chi connectivity index (χ2v) is 14.7. The summed E-state index contributed by atoms with van der Waals surface area (Å²) in [5, 5.41) is 11.5. The molecule has 0 amide bonds. The number of nitrogens with zero attached hydrogens (tertiary/aromatic N) is 1. The second kappa shape index (κ2) is 14.2. The van der Waals surface area contributed by atoms with Gasteiger partial charge in [0.25, 0.3) is 0 Å². The van der Waals surface area contributed by atoms with Gasteiger partial charge in [-0.15, -0.1) is 0 Å². The molecule has 3 aromatic carbocycles. The van der Waals surface area contributed by atoms with Crippen LogP contribution in [-0.2, 0) is 38.3 Å². The largest absolute Gasteiger partial charge is 0.488 e. The smallest absolute Gasteiger partial charge is 0.422 e. The molecule has 0 spiro atoms. The van der Waals surface area contributed by atoms with Gasteiger partial charge in [0.05, 0.1) is 21.4 Å². The average Bonchev–Trinajstić information content (AvgIpc) is 3.43. The molecule has 7 nitrogen and oxygen atoms in total. The molecule has 3 unspecified atom stereocenters. The van der Waals surface area contributed by atoms with Crippen LogP contribution in [-0.4, -0.2) is 37.8 Å². The molecule has 3 atom stereocenters. The minimum absolute atomic E-state index is 0.0678. The summed E-state index contributed by atoms with van der Waals surface area (Å²) in [4.78, 5) is 16.9. The van der Waals surface area contributed by atoms with Crippen molar-refractivity contribution in [2.24, 2.45) is 0 Å². The maximum Gasteiger partial charge on any atom is 0.422 e. The molecule has 4 aromatic rings. The number of carbonyl (C=O) groups is 1. The van der Waals surface area contributed by atoms with Crippen LogP contribution in [0.4, 0.5) is 17.6 Å². The average molecular weight is 697 g/mol. The first-order chi connectivity index (χ1) is 23.1. The van der Waals surface area contributed by atoms with E-state index in [9.17, 15) is 31.7 Å². The van der Waals surface area contributed by atoms with E-state index in [1.165, 1.54) is 12.1 Å². The number of hydrogen-bond donors (Lipinski definition) is 2. The first-order valence-corrected chi connectivity index (χ1v) is 16.6. The van der Waals surface area contributed by atoms with Crippen LogP contribution in [0.2, 0.25) is 0 Å². The van der Waals surface area contributed by atoms with Crippen molar-refractivity contribution in [1.82, 2.24) is 9.71 Å². The van der Waals surface area contributed by atoms with Crippen molar-refractivity contribution in [2.45, 2.75) is 62.3 Å². The van der Waals surface area contributed by atoms with E-state index in [1.54, 1.807) is 63.3 Å². The quantitative estimate of drug-likeness (QED) is 0.125. The number of rotatable bonds is 11. The van der Waals surface area contributed by atoms with Gasteiger partial charge in [-0.3, -0.25) is 4.79 Å². The zero-order valence-corrected chi connectivity index (χ0v) is 27.9. The maximum atomic E-state index is 15.0. The molecular weight excluding hydrogens is 660 g/mol. The first-order valence-electron chi connectivity index (χ1n) is 15.5. The maximum absolute atomic E-state index is 15.0. The third-order valence-corrected chi connectivity index (χ3v) is 9.69. The SMILES string of the molecule is CC(C)(C)S(=O)NC1(/C=C/c2ccccc2)COc2c1cc(C(O)(CCC(=O)OCc1ccccc1)C(F)(F)F)nc2-c1ccc(F)cc1. The summed E-state index contributed by atoms with van der Waals surface area (Å²) >= 11 is 0. The summed E-state index contributed by atoms with van der Waals surface area (Å²) in [6.07, 6.45) is -3.80. The fraction of sp³-hybridized carbons (Fsp3) is 0.297. The lowest BCUT2D eigenvalue weighted by Crippen LogP contribution is -2.48. The zero-order valence-electron chi connectivity index (χ0n) is 27.1. The number of halogens is 4. The van der Waals surface area contributed by atoms with Gasteiger partial charge in [0.15, 0.2) is 5.75 Å². The molecule has 0 bridgehead atoms. The van der Waals surface area contributed by atoms with Gasteiger partial charge in [0.2, 0.25) is 5.60 Å². The Hall–Kier alpha value is -4.39. The van der Waals surface area contributed by atoms with Gasteiger partial charge in [-0.1, -0.05) is 72.8 Å². The fourth-order valence-electron chi connectivity index (χ4n) is 5.18. The van der Waals surface area contributed by atoms with Gasteiger partial charge >= 0.3 is 12.1 Å². The van der Waals surface area contributed by atoms with Crippen molar-refractivity contribution < 1.29 is 41.1 Å². The lowest BCUT2D eigenvalue weighted by atomic mass is 9.86. The van der Waals surface area contributed by atoms with E-state index < -0.39 is 63.4 Å². The fourth-order valence-corrected chi connectivity index (χ4v) is 6.05. The van der Waals surface area contributed by atoms with E-state index in [1.807, 2.05) is 30.3 Å². The number of carbonyl (C=O) groups excluding carboxylic acids is 1. The topological polar surface area (TPSA) is 97.8 Å². The number of aliphatic hydroxyl groups is 1. The molecular formula is C37H36F4N2O5S. The van der Waals surface area contributed by atoms with Gasteiger partial charge in [0.1, 0.15) is 30.3 Å². The Labute approximate surface area is 284 Å². The van der Waals surface area contributed by atoms with Crippen LogP contribution in [0.15, 0.2) is 97.1 Å². The lowest BCUT2D eigenvalue weighted by molar-refractivity contribution is -0.271. The lowest BCUT2D eigenvalue weighted by Gasteiger charge is -2.33. The molecule has 2 N–H and O–H groups in total. The summed E-state index contributed by atoms with van der Waals surface area (Å²) in [5.74, 6) is -1.46. The molecule has 0 aliphatic carbocycles. The van der Waals surface area contributed by atoms with Crippen molar-refractivity contribution in [3.8, 4) is 17.0 Å². The zero-order chi connectivity index (χ0) is 35.5. The molecule has 1 aliphatic rings. The molecule has 0 saturated heterocycles. The molecule has 2 heterocycles. The molecule has 0 fully saturated rings. The van der Waals surface area contributed by atoms with Gasteiger partial charge in [-0.05, 0) is 62.2 Å². The molecule has 12 heteroatoms. The molecule has 0 radical (unpaired) electrons. The normalized spacial score (nSPS) is 18.0.